The second-order valence-corrected chi connectivity index (χ2v) is 5.80. The number of hydrogen-bond acceptors (Lipinski definition) is 6. The van der Waals surface area contributed by atoms with Crippen LogP contribution in [-0.4, -0.2) is 37.5 Å². The molecule has 0 saturated heterocycles. The molecule has 3 aromatic rings. The normalized spacial score (nSPS) is 13.6. The summed E-state index contributed by atoms with van der Waals surface area (Å²) in [5, 5.41) is 10.1. The van der Waals surface area contributed by atoms with E-state index >= 15 is 0 Å². The van der Waals surface area contributed by atoms with E-state index in [9.17, 15) is 10.0 Å². The molecule has 3 aromatic heterocycles. The van der Waals surface area contributed by atoms with Gasteiger partial charge in [-0.15, -0.1) is 0 Å². The lowest BCUT2D eigenvalue weighted by Gasteiger charge is -2.05. The lowest BCUT2D eigenvalue weighted by Crippen LogP contribution is -2.40. The number of aliphatic imine (C=N–C) groups is 1. The van der Waals surface area contributed by atoms with Gasteiger partial charge in [-0.25, -0.2) is 14.8 Å². The molecule has 0 aliphatic carbocycles. The first-order valence-electron chi connectivity index (χ1n) is 7.70. The van der Waals surface area contributed by atoms with Crippen LogP contribution in [0.25, 0.3) is 16.7 Å². The number of hydrogen-bond donors (Lipinski definition) is 3. The monoisotopic (exact) mass is 338 g/mol. The lowest BCUT2D eigenvalue weighted by molar-refractivity contribution is -0.913. The Bertz CT molecular complexity index is 1110. The van der Waals surface area contributed by atoms with Crippen molar-refractivity contribution in [1.82, 2.24) is 19.5 Å². The minimum absolute atomic E-state index is 0.141. The van der Waals surface area contributed by atoms with Crippen molar-refractivity contribution < 1.29 is 9.94 Å². The highest BCUT2D eigenvalue weighted by atomic mass is 16.5. The van der Waals surface area contributed by atoms with Crippen LogP contribution in [0.4, 0.5) is 5.82 Å². The molecular formula is C16H16N7O2+. The van der Waals surface area contributed by atoms with Crippen LogP contribution in [0.5, 0.6) is 0 Å². The van der Waals surface area contributed by atoms with E-state index in [0.717, 1.165) is 10.3 Å². The van der Waals surface area contributed by atoms with Crippen molar-refractivity contribution in [2.45, 2.75) is 13.5 Å². The Balaban J connectivity index is 1.87. The van der Waals surface area contributed by atoms with E-state index in [4.69, 9.17) is 5.73 Å². The second-order valence-electron chi connectivity index (χ2n) is 5.80. The van der Waals surface area contributed by atoms with Crippen LogP contribution < -0.4 is 16.2 Å². The molecule has 0 unspecified atom stereocenters. The van der Waals surface area contributed by atoms with E-state index < -0.39 is 0 Å². The zero-order valence-corrected chi connectivity index (χ0v) is 13.5. The Morgan fingerprint density at radius 2 is 2.24 bits per heavy atom. The third kappa shape index (κ3) is 2.45. The van der Waals surface area contributed by atoms with Gasteiger partial charge >= 0.3 is 5.69 Å². The number of nitrogen functional groups attached to an aromatic ring is 1. The smallest absolute Gasteiger partial charge is 0.328 e. The number of imidazole rings is 1. The molecule has 0 amide bonds. The fraction of sp³-hybridized carbons (Fsp3) is 0.188. The van der Waals surface area contributed by atoms with Crippen LogP contribution in [-0.2, 0) is 6.54 Å². The molecule has 25 heavy (non-hydrogen) atoms. The van der Waals surface area contributed by atoms with Crippen molar-refractivity contribution in [1.29, 1.82) is 0 Å². The van der Waals surface area contributed by atoms with Gasteiger partial charge in [0.05, 0.1) is 6.54 Å². The molecule has 9 nitrogen and oxygen atoms in total. The van der Waals surface area contributed by atoms with Crippen molar-refractivity contribution in [3.63, 3.8) is 0 Å². The number of fused-ring (bicyclic) bond motifs is 1. The molecule has 126 valence electrons. The Hall–Kier alpha value is -3.49. The molecule has 4 N–H and O–H groups in total. The highest BCUT2D eigenvalue weighted by molar-refractivity contribution is 5.90. The summed E-state index contributed by atoms with van der Waals surface area (Å²) in [5.74, 6) is 0.640. The van der Waals surface area contributed by atoms with Gasteiger partial charge in [-0.3, -0.25) is 14.8 Å². The third-order valence-corrected chi connectivity index (χ3v) is 4.13. The quantitative estimate of drug-likeness (QED) is 0.459. The van der Waals surface area contributed by atoms with Gasteiger partial charge in [-0.05, 0) is 12.1 Å². The second kappa shape index (κ2) is 5.55. The lowest BCUT2D eigenvalue weighted by atomic mass is 10.2. The third-order valence-electron chi connectivity index (χ3n) is 4.13. The number of rotatable bonds is 3. The molecule has 0 spiro atoms. The van der Waals surface area contributed by atoms with Crippen LogP contribution in [0.2, 0.25) is 0 Å². The molecule has 0 radical (unpaired) electrons. The van der Waals surface area contributed by atoms with Crippen molar-refractivity contribution in [3.05, 3.63) is 52.0 Å². The maximum atomic E-state index is 12.4. The van der Waals surface area contributed by atoms with Crippen molar-refractivity contribution in [2.75, 3.05) is 12.3 Å². The number of H-pyrrole nitrogens is 1. The zero-order chi connectivity index (χ0) is 17.6. The molecule has 4 rings (SSSR count). The maximum absolute atomic E-state index is 12.4. The Morgan fingerprint density at radius 1 is 1.40 bits per heavy atom. The molecule has 0 aromatic carbocycles. The fourth-order valence-corrected chi connectivity index (χ4v) is 2.78. The minimum Gasteiger partial charge on any atom is -0.382 e. The summed E-state index contributed by atoms with van der Waals surface area (Å²) in [7, 11) is 0. The highest BCUT2D eigenvalue weighted by Crippen LogP contribution is 2.20. The summed E-state index contributed by atoms with van der Waals surface area (Å²) in [6, 6.07) is 5.32. The van der Waals surface area contributed by atoms with Gasteiger partial charge in [0.1, 0.15) is 12.1 Å². The van der Waals surface area contributed by atoms with Gasteiger partial charge in [0.25, 0.3) is 5.69 Å². The topological polar surface area (TPSA) is 126 Å². The number of nitrogens with zero attached hydrogens (tertiary/aromatic N) is 5. The van der Waals surface area contributed by atoms with Crippen LogP contribution in [0.3, 0.4) is 0 Å². The van der Waals surface area contributed by atoms with E-state index in [-0.39, 0.29) is 18.1 Å². The number of aromatic amines is 1. The molecular weight excluding hydrogens is 322 g/mol. The molecule has 0 atom stereocenters. The maximum Gasteiger partial charge on any atom is 0.328 e. The summed E-state index contributed by atoms with van der Waals surface area (Å²) >= 11 is 0. The number of allylic oxidation sites excluding steroid dienone is 1. The summed E-state index contributed by atoms with van der Waals surface area (Å²) in [6.45, 7) is 2.39. The molecule has 4 heterocycles. The highest BCUT2D eigenvalue weighted by Gasteiger charge is 2.20. The average Bonchev–Trinajstić information content (AvgIpc) is 3.21. The van der Waals surface area contributed by atoms with Crippen LogP contribution in [0.1, 0.15) is 17.2 Å². The number of nitrogens with one attached hydrogen (secondary N) is 1. The molecule has 0 bridgehead atoms. The van der Waals surface area contributed by atoms with E-state index in [1.165, 1.54) is 4.57 Å². The Labute approximate surface area is 141 Å². The number of aromatic nitrogens is 5. The first-order chi connectivity index (χ1) is 12.0. The number of aryl methyl sites for hydroxylation is 1. The minimum atomic E-state index is -0.369. The SMILES string of the molecule is Cc1cccc(Cn2c(=O)[nH]c3c(N)nc(C4=CC=NC4)nc32)[n+]1O. The predicted octanol–water partition coefficient (Wildman–Crippen LogP) is 0.0511. The molecule has 0 saturated carbocycles. The number of pyridine rings is 1. The van der Waals surface area contributed by atoms with Crippen molar-refractivity contribution in [3.8, 4) is 0 Å². The van der Waals surface area contributed by atoms with E-state index in [1.54, 1.807) is 25.3 Å². The van der Waals surface area contributed by atoms with E-state index in [0.29, 0.717) is 34.9 Å². The fourth-order valence-electron chi connectivity index (χ4n) is 2.78. The molecule has 1 aliphatic rings. The standard InChI is InChI=1S/C16H15N7O2/c1-9-3-2-4-11(23(9)25)8-22-15-12(19-16(22)24)13(17)20-14(21-15)10-5-6-18-7-10/h2-6H,7-8H2,1H3,(H3-,17,18,19,20,21,24,25)/p+1. The van der Waals surface area contributed by atoms with Gasteiger partial charge in [0.2, 0.25) is 5.69 Å². The van der Waals surface area contributed by atoms with Crippen LogP contribution >= 0.6 is 0 Å². The Morgan fingerprint density at radius 3 is 3.00 bits per heavy atom. The summed E-state index contributed by atoms with van der Waals surface area (Å²) in [5.41, 5.74) is 8.44. The van der Waals surface area contributed by atoms with Gasteiger partial charge < -0.3 is 10.7 Å². The molecule has 9 heteroatoms. The van der Waals surface area contributed by atoms with Gasteiger partial charge in [0.15, 0.2) is 17.3 Å². The number of anilines is 1. The Kier molecular flexibility index (Phi) is 3.34. The van der Waals surface area contributed by atoms with Crippen LogP contribution in [0.15, 0.2) is 34.1 Å². The number of nitrogens with two attached hydrogens (primary N) is 1. The first kappa shape index (κ1) is 15.1. The van der Waals surface area contributed by atoms with Crippen LogP contribution in [0, 0.1) is 6.92 Å². The zero-order valence-electron chi connectivity index (χ0n) is 13.5. The van der Waals surface area contributed by atoms with E-state index in [1.807, 2.05) is 12.1 Å². The molecule has 0 fully saturated rings. The average molecular weight is 338 g/mol. The van der Waals surface area contributed by atoms with Crippen molar-refractivity contribution in [2.24, 2.45) is 4.99 Å². The van der Waals surface area contributed by atoms with E-state index in [2.05, 4.69) is 19.9 Å². The summed E-state index contributed by atoms with van der Waals surface area (Å²) in [6.07, 6.45) is 3.50. The van der Waals surface area contributed by atoms with Crippen molar-refractivity contribution >= 4 is 28.8 Å². The largest absolute Gasteiger partial charge is 0.382 e. The van der Waals surface area contributed by atoms with Gasteiger partial charge in [0, 0.05) is 35.6 Å². The summed E-state index contributed by atoms with van der Waals surface area (Å²) < 4.78 is 2.47. The van der Waals surface area contributed by atoms with Gasteiger partial charge in [-0.2, -0.15) is 0 Å². The molecule has 1 aliphatic heterocycles. The summed E-state index contributed by atoms with van der Waals surface area (Å²) in [4.78, 5) is 27.9. The van der Waals surface area contributed by atoms with Gasteiger partial charge in [-0.1, -0.05) is 0 Å². The predicted molar refractivity (Wildman–Crippen MR) is 91.6 cm³/mol. The first-order valence-corrected chi connectivity index (χ1v) is 7.70.